The molecule has 0 heterocycles. The third-order valence-corrected chi connectivity index (χ3v) is 4.23. The Labute approximate surface area is 150 Å². The first-order valence-corrected chi connectivity index (χ1v) is 9.47. The molecule has 0 bridgehead atoms. The molecule has 0 aliphatic heterocycles. The van der Waals surface area contributed by atoms with E-state index < -0.39 is 0 Å². The average Bonchev–Trinajstić information content (AvgIpc) is 2.52. The molecule has 0 fully saturated rings. The molecule has 0 spiro atoms. The zero-order chi connectivity index (χ0) is 18.4. The summed E-state index contributed by atoms with van der Waals surface area (Å²) in [4.78, 5) is 11.3. The lowest BCUT2D eigenvalue weighted by Gasteiger charge is -2.02. The zero-order valence-corrected chi connectivity index (χ0v) is 16.9. The van der Waals surface area contributed by atoms with Gasteiger partial charge in [-0.15, -0.1) is 0 Å². The Bertz CT molecular complexity index is 482. The van der Waals surface area contributed by atoms with Crippen LogP contribution in [0, 0.1) is 0 Å². The van der Waals surface area contributed by atoms with Crippen molar-refractivity contribution >= 4 is 5.78 Å². The van der Waals surface area contributed by atoms with Crippen molar-refractivity contribution < 1.29 is 4.79 Å². The largest absolute Gasteiger partial charge is 0.299 e. The molecule has 0 N–H and O–H groups in total. The summed E-state index contributed by atoms with van der Waals surface area (Å²) in [5.74, 6) is 0.327. The number of carbonyl (C=O) groups excluding carboxylic acids is 1. The second-order valence-corrected chi connectivity index (χ2v) is 7.15. The second-order valence-electron chi connectivity index (χ2n) is 7.15. The van der Waals surface area contributed by atoms with E-state index in [1.165, 1.54) is 28.7 Å². The van der Waals surface area contributed by atoms with E-state index in [-0.39, 0.29) is 0 Å². The lowest BCUT2D eigenvalue weighted by molar-refractivity contribution is -0.117. The lowest BCUT2D eigenvalue weighted by Crippen LogP contribution is -1.92. The van der Waals surface area contributed by atoms with Crippen LogP contribution in [0.25, 0.3) is 0 Å². The van der Waals surface area contributed by atoms with Crippen molar-refractivity contribution in [2.45, 2.75) is 92.9 Å². The van der Waals surface area contributed by atoms with Gasteiger partial charge < -0.3 is 0 Å². The van der Waals surface area contributed by atoms with Crippen LogP contribution in [0.2, 0.25) is 0 Å². The first-order chi connectivity index (χ1) is 11.3. The molecule has 0 aliphatic rings. The number of Topliss-reactive ketones (excluding diaryl/α,β-unsaturated/α-hetero) is 1. The third kappa shape index (κ3) is 14.2. The van der Waals surface area contributed by atoms with Crippen molar-refractivity contribution in [3.8, 4) is 0 Å². The summed E-state index contributed by atoms with van der Waals surface area (Å²) < 4.78 is 0. The quantitative estimate of drug-likeness (QED) is 0.338. The minimum Gasteiger partial charge on any atom is -0.299 e. The van der Waals surface area contributed by atoms with Crippen LogP contribution < -0.4 is 0 Å². The van der Waals surface area contributed by atoms with Crippen LogP contribution in [0.5, 0.6) is 0 Å². The van der Waals surface area contributed by atoms with Crippen molar-refractivity contribution in [1.82, 2.24) is 0 Å². The van der Waals surface area contributed by atoms with Gasteiger partial charge in [-0.05, 0) is 73.1 Å². The van der Waals surface area contributed by atoms with Crippen LogP contribution in [0.15, 0.2) is 46.6 Å². The fraction of sp³-hybridized carbons (Fsp3) is 0.609. The van der Waals surface area contributed by atoms with E-state index in [9.17, 15) is 4.79 Å². The molecular weight excluding hydrogens is 292 g/mol. The molecule has 0 unspecified atom stereocenters. The Hall–Kier alpha value is -1.37. The first-order valence-electron chi connectivity index (χ1n) is 9.47. The van der Waals surface area contributed by atoms with Crippen LogP contribution in [0.4, 0.5) is 0 Å². The van der Waals surface area contributed by atoms with Gasteiger partial charge in [-0.3, -0.25) is 4.79 Å². The maximum atomic E-state index is 11.3. The van der Waals surface area contributed by atoms with Gasteiger partial charge in [0.05, 0.1) is 0 Å². The van der Waals surface area contributed by atoms with Crippen LogP contribution >= 0.6 is 0 Å². The lowest BCUT2D eigenvalue weighted by atomic mass is 10.0. The molecule has 0 aromatic rings. The highest BCUT2D eigenvalue weighted by Crippen LogP contribution is 2.13. The van der Waals surface area contributed by atoms with Crippen LogP contribution in [-0.4, -0.2) is 5.78 Å². The molecule has 0 saturated heterocycles. The number of hydrogen-bond acceptors (Lipinski definition) is 1. The molecule has 1 nitrogen and oxygen atoms in total. The molecule has 0 saturated carbocycles. The van der Waals surface area contributed by atoms with Gasteiger partial charge in [0.25, 0.3) is 0 Å². The topological polar surface area (TPSA) is 17.1 Å². The minimum absolute atomic E-state index is 0.327. The summed E-state index contributed by atoms with van der Waals surface area (Å²) in [6.45, 7) is 12.8. The van der Waals surface area contributed by atoms with E-state index in [1.54, 1.807) is 0 Å². The van der Waals surface area contributed by atoms with E-state index >= 15 is 0 Å². The second kappa shape index (κ2) is 14.0. The number of hydrogen-bond donors (Lipinski definition) is 0. The number of carbonyl (C=O) groups is 1. The van der Waals surface area contributed by atoms with Crippen molar-refractivity contribution in [2.24, 2.45) is 0 Å². The first kappa shape index (κ1) is 22.6. The fourth-order valence-corrected chi connectivity index (χ4v) is 2.42. The average molecular weight is 331 g/mol. The zero-order valence-electron chi connectivity index (χ0n) is 16.9. The van der Waals surface area contributed by atoms with E-state index in [0.29, 0.717) is 18.6 Å². The fourth-order valence-electron chi connectivity index (χ4n) is 2.42. The van der Waals surface area contributed by atoms with Crippen LogP contribution in [0.3, 0.4) is 0 Å². The van der Waals surface area contributed by atoms with Gasteiger partial charge in [0.15, 0.2) is 0 Å². The van der Waals surface area contributed by atoms with Crippen molar-refractivity contribution in [3.63, 3.8) is 0 Å². The Morgan fingerprint density at radius 3 is 1.50 bits per heavy atom. The summed E-state index contributed by atoms with van der Waals surface area (Å²) in [5.41, 5.74) is 5.71. The van der Waals surface area contributed by atoms with Gasteiger partial charge in [0.1, 0.15) is 5.78 Å². The SMILES string of the molecule is CCC(=O)CC=C(C)CC/C=C(\C)CC/C=C(\C)CCC=C(C)C. The standard InChI is InChI=1S/C23H38O/c1-7-23(24)18-17-22(6)16-10-15-21(5)14-9-13-20(4)12-8-11-19(2)3/h11,13,15,17H,7-10,12,14,16,18H2,1-6H3/b20-13+,21-15+,22-17?. The number of rotatable bonds is 12. The molecule has 0 amide bonds. The van der Waals surface area contributed by atoms with E-state index in [1.807, 2.05) is 6.92 Å². The Kier molecular flexibility index (Phi) is 13.2. The van der Waals surface area contributed by atoms with Gasteiger partial charge in [0.2, 0.25) is 0 Å². The van der Waals surface area contributed by atoms with Gasteiger partial charge >= 0.3 is 0 Å². The van der Waals surface area contributed by atoms with E-state index in [0.717, 1.165) is 32.1 Å². The molecule has 1 heteroatoms. The van der Waals surface area contributed by atoms with Crippen molar-refractivity contribution in [2.75, 3.05) is 0 Å². The monoisotopic (exact) mass is 330 g/mol. The molecule has 0 aromatic heterocycles. The highest BCUT2D eigenvalue weighted by molar-refractivity contribution is 5.79. The Morgan fingerprint density at radius 2 is 1.08 bits per heavy atom. The van der Waals surface area contributed by atoms with Crippen molar-refractivity contribution in [1.29, 1.82) is 0 Å². The smallest absolute Gasteiger partial charge is 0.136 e. The predicted octanol–water partition coefficient (Wildman–Crippen LogP) is 7.50. The highest BCUT2D eigenvalue weighted by Gasteiger charge is 1.96. The summed E-state index contributed by atoms with van der Waals surface area (Å²) in [5, 5.41) is 0. The Morgan fingerprint density at radius 1 is 0.667 bits per heavy atom. The molecule has 0 atom stereocenters. The summed E-state index contributed by atoms with van der Waals surface area (Å²) in [6, 6.07) is 0. The van der Waals surface area contributed by atoms with Gasteiger partial charge in [-0.2, -0.15) is 0 Å². The van der Waals surface area contributed by atoms with Gasteiger partial charge in [-0.1, -0.05) is 53.5 Å². The Balaban J connectivity index is 4.02. The van der Waals surface area contributed by atoms with Crippen molar-refractivity contribution in [3.05, 3.63) is 46.6 Å². The minimum atomic E-state index is 0.327. The number of ketones is 1. The van der Waals surface area contributed by atoms with E-state index in [4.69, 9.17) is 0 Å². The summed E-state index contributed by atoms with van der Waals surface area (Å²) >= 11 is 0. The van der Waals surface area contributed by atoms with Gasteiger partial charge in [-0.25, -0.2) is 0 Å². The molecule has 0 radical (unpaired) electrons. The van der Waals surface area contributed by atoms with Crippen LogP contribution in [0.1, 0.15) is 92.9 Å². The van der Waals surface area contributed by atoms with Gasteiger partial charge in [0, 0.05) is 12.8 Å². The van der Waals surface area contributed by atoms with Crippen LogP contribution in [-0.2, 0) is 4.79 Å². The normalized spacial score (nSPS) is 13.2. The maximum Gasteiger partial charge on any atom is 0.136 e. The highest BCUT2D eigenvalue weighted by atomic mass is 16.1. The molecular formula is C23H38O. The molecule has 0 aliphatic carbocycles. The predicted molar refractivity (Wildman–Crippen MR) is 108 cm³/mol. The maximum absolute atomic E-state index is 11.3. The summed E-state index contributed by atoms with van der Waals surface area (Å²) in [7, 11) is 0. The van der Waals surface area contributed by atoms with E-state index in [2.05, 4.69) is 58.9 Å². The molecule has 24 heavy (non-hydrogen) atoms. The molecule has 136 valence electrons. The number of allylic oxidation sites excluding steroid dienone is 8. The molecule has 0 rings (SSSR count). The summed E-state index contributed by atoms with van der Waals surface area (Å²) in [6.07, 6.45) is 17.2. The molecule has 0 aromatic carbocycles. The third-order valence-electron chi connectivity index (χ3n) is 4.23.